The second-order valence-corrected chi connectivity index (χ2v) is 8.70. The van der Waals surface area contributed by atoms with E-state index in [1.54, 1.807) is 0 Å². The van der Waals surface area contributed by atoms with Crippen molar-refractivity contribution < 1.29 is 9.53 Å². The van der Waals surface area contributed by atoms with Gasteiger partial charge in [-0.3, -0.25) is 9.89 Å². The van der Waals surface area contributed by atoms with E-state index >= 15 is 0 Å². The Labute approximate surface area is 186 Å². The molecule has 2 aromatic heterocycles. The summed E-state index contributed by atoms with van der Waals surface area (Å²) in [5.74, 6) is 1.34. The van der Waals surface area contributed by atoms with Crippen LogP contribution in [0.3, 0.4) is 0 Å². The van der Waals surface area contributed by atoms with Crippen LogP contribution < -0.4 is 4.74 Å². The zero-order valence-corrected chi connectivity index (χ0v) is 18.1. The van der Waals surface area contributed by atoms with Gasteiger partial charge in [-0.05, 0) is 61.6 Å². The molecular weight excluding hydrogens is 400 g/mol. The molecule has 2 N–H and O–H groups in total. The van der Waals surface area contributed by atoms with Crippen molar-refractivity contribution in [3.05, 3.63) is 82.8 Å². The zero-order valence-electron chi connectivity index (χ0n) is 18.1. The van der Waals surface area contributed by atoms with Crippen LogP contribution in [0.4, 0.5) is 0 Å². The number of aromatic amines is 2. The first-order valence-electron chi connectivity index (χ1n) is 11.4. The van der Waals surface area contributed by atoms with E-state index in [-0.39, 0.29) is 11.9 Å². The topological polar surface area (TPSA) is 74.0 Å². The molecule has 1 aliphatic carbocycles. The Morgan fingerprint density at radius 2 is 1.97 bits per heavy atom. The third kappa shape index (κ3) is 3.18. The molecule has 1 fully saturated rings. The van der Waals surface area contributed by atoms with Crippen molar-refractivity contribution in [1.82, 2.24) is 20.1 Å². The number of nitrogens with one attached hydrogen (secondary N) is 2. The second kappa shape index (κ2) is 7.55. The molecule has 2 aliphatic rings. The van der Waals surface area contributed by atoms with E-state index in [1.807, 2.05) is 36.1 Å². The maximum Gasteiger partial charge on any atom is 0.275 e. The number of hydrogen-bond acceptors (Lipinski definition) is 3. The third-order valence-corrected chi connectivity index (χ3v) is 6.64. The quantitative estimate of drug-likeness (QED) is 0.474. The summed E-state index contributed by atoms with van der Waals surface area (Å²) < 4.78 is 5.64. The molecule has 1 saturated carbocycles. The fourth-order valence-electron chi connectivity index (χ4n) is 4.92. The first-order valence-corrected chi connectivity index (χ1v) is 11.4. The standard InChI is InChI=1S/C26H26N4O2/c1-2-32-18-11-9-17(10-12-18)25-24-20(19-5-3-4-6-21(19)27-24)13-14-30(25)26(31)23-15-22(28-29-23)16-7-8-16/h3-6,9-12,15-16,25,27H,2,7-8,13-14H2,1H3,(H,28,29). The molecule has 0 radical (unpaired) electrons. The van der Waals surface area contributed by atoms with Crippen molar-refractivity contribution in [1.29, 1.82) is 0 Å². The summed E-state index contributed by atoms with van der Waals surface area (Å²) in [5, 5.41) is 8.69. The second-order valence-electron chi connectivity index (χ2n) is 8.70. The van der Waals surface area contributed by atoms with Crippen LogP contribution >= 0.6 is 0 Å². The zero-order chi connectivity index (χ0) is 21.7. The molecule has 1 unspecified atom stereocenters. The number of carbonyl (C=O) groups is 1. The van der Waals surface area contributed by atoms with Gasteiger partial charge in [0, 0.05) is 34.8 Å². The van der Waals surface area contributed by atoms with Crippen LogP contribution in [0.2, 0.25) is 0 Å². The van der Waals surface area contributed by atoms with Crippen molar-refractivity contribution in [2.75, 3.05) is 13.2 Å². The molecule has 0 saturated heterocycles. The van der Waals surface area contributed by atoms with E-state index in [9.17, 15) is 4.79 Å². The van der Waals surface area contributed by atoms with E-state index in [4.69, 9.17) is 4.74 Å². The molecule has 3 heterocycles. The Morgan fingerprint density at radius 3 is 2.75 bits per heavy atom. The van der Waals surface area contributed by atoms with Crippen molar-refractivity contribution in [2.24, 2.45) is 0 Å². The van der Waals surface area contributed by atoms with Crippen molar-refractivity contribution in [3.63, 3.8) is 0 Å². The van der Waals surface area contributed by atoms with Gasteiger partial charge in [0.25, 0.3) is 5.91 Å². The summed E-state index contributed by atoms with van der Waals surface area (Å²) in [5.41, 5.74) is 6.14. The highest BCUT2D eigenvalue weighted by atomic mass is 16.5. The van der Waals surface area contributed by atoms with Crippen LogP contribution in [0.1, 0.15) is 64.7 Å². The van der Waals surface area contributed by atoms with Crippen molar-refractivity contribution in [3.8, 4) is 5.75 Å². The lowest BCUT2D eigenvalue weighted by molar-refractivity contribution is 0.0686. The monoisotopic (exact) mass is 426 g/mol. The highest BCUT2D eigenvalue weighted by Crippen LogP contribution is 2.41. The Balaban J connectivity index is 1.43. The van der Waals surface area contributed by atoms with E-state index in [1.165, 1.54) is 23.8 Å². The predicted octanol–water partition coefficient (Wildman–Crippen LogP) is 4.96. The number of para-hydroxylation sites is 1. The Bertz CT molecular complexity index is 1280. The minimum Gasteiger partial charge on any atom is -0.494 e. The molecule has 6 rings (SSSR count). The minimum atomic E-state index is -0.199. The average molecular weight is 427 g/mol. The molecule has 1 amide bonds. The van der Waals surface area contributed by atoms with Gasteiger partial charge in [0.2, 0.25) is 0 Å². The van der Waals surface area contributed by atoms with Gasteiger partial charge in [0.1, 0.15) is 11.4 Å². The SMILES string of the molecule is CCOc1ccc(C2c3[nH]c4ccccc4c3CCN2C(=O)c2cc(C3CC3)[nH]n2)cc1. The van der Waals surface area contributed by atoms with Crippen molar-refractivity contribution in [2.45, 2.75) is 38.1 Å². The molecule has 32 heavy (non-hydrogen) atoms. The molecule has 6 heteroatoms. The van der Waals surface area contributed by atoms with E-state index in [2.05, 4.69) is 45.5 Å². The van der Waals surface area contributed by atoms with Gasteiger partial charge in [-0.1, -0.05) is 30.3 Å². The van der Waals surface area contributed by atoms with Gasteiger partial charge in [-0.25, -0.2) is 0 Å². The molecule has 1 atom stereocenters. The fourth-order valence-corrected chi connectivity index (χ4v) is 4.92. The molecular formula is C26H26N4O2. The Kier molecular flexibility index (Phi) is 4.52. The maximum atomic E-state index is 13.6. The van der Waals surface area contributed by atoms with Gasteiger partial charge in [-0.2, -0.15) is 5.10 Å². The summed E-state index contributed by atoms with van der Waals surface area (Å²) in [6, 6.07) is 18.2. The van der Waals surface area contributed by atoms with Crippen LogP contribution in [0, 0.1) is 0 Å². The van der Waals surface area contributed by atoms with Crippen LogP contribution in [-0.2, 0) is 6.42 Å². The highest BCUT2D eigenvalue weighted by molar-refractivity contribution is 5.94. The third-order valence-electron chi connectivity index (χ3n) is 6.64. The number of ether oxygens (including phenoxy) is 1. The first kappa shape index (κ1) is 19.2. The number of fused-ring (bicyclic) bond motifs is 3. The van der Waals surface area contributed by atoms with Crippen LogP contribution in [0.15, 0.2) is 54.6 Å². The normalized spacial score (nSPS) is 18.0. The molecule has 0 spiro atoms. The lowest BCUT2D eigenvalue weighted by Crippen LogP contribution is -2.40. The number of hydrogen-bond donors (Lipinski definition) is 2. The number of nitrogens with zero attached hydrogens (tertiary/aromatic N) is 2. The summed E-state index contributed by atoms with van der Waals surface area (Å²) >= 11 is 0. The molecule has 4 aromatic rings. The van der Waals surface area contributed by atoms with E-state index in [0.717, 1.165) is 34.6 Å². The summed E-state index contributed by atoms with van der Waals surface area (Å²) in [6.07, 6.45) is 3.16. The molecule has 1 aliphatic heterocycles. The number of benzene rings is 2. The number of carbonyl (C=O) groups excluding carboxylic acids is 1. The van der Waals surface area contributed by atoms with Crippen molar-refractivity contribution >= 4 is 16.8 Å². The Hall–Kier alpha value is -3.54. The van der Waals surface area contributed by atoms with Gasteiger partial charge in [0.05, 0.1) is 12.6 Å². The lowest BCUT2D eigenvalue weighted by atomic mass is 9.92. The summed E-state index contributed by atoms with van der Waals surface area (Å²) in [7, 11) is 0. The fraction of sp³-hybridized carbons (Fsp3) is 0.308. The first-order chi connectivity index (χ1) is 15.7. The van der Waals surface area contributed by atoms with Crippen LogP contribution in [-0.4, -0.2) is 39.1 Å². The number of amides is 1. The predicted molar refractivity (Wildman–Crippen MR) is 123 cm³/mol. The Morgan fingerprint density at radius 1 is 1.16 bits per heavy atom. The molecule has 2 aromatic carbocycles. The average Bonchev–Trinajstić information content (AvgIpc) is 3.43. The minimum absolute atomic E-state index is 0.0312. The van der Waals surface area contributed by atoms with Gasteiger partial charge in [-0.15, -0.1) is 0 Å². The van der Waals surface area contributed by atoms with Gasteiger partial charge < -0.3 is 14.6 Å². The summed E-state index contributed by atoms with van der Waals surface area (Å²) in [4.78, 5) is 19.2. The molecule has 162 valence electrons. The highest BCUT2D eigenvalue weighted by Gasteiger charge is 2.36. The number of rotatable bonds is 5. The maximum absolute atomic E-state index is 13.6. The number of H-pyrrole nitrogens is 2. The molecule has 0 bridgehead atoms. The lowest BCUT2D eigenvalue weighted by Gasteiger charge is -2.36. The largest absolute Gasteiger partial charge is 0.494 e. The van der Waals surface area contributed by atoms with Gasteiger partial charge in [0.15, 0.2) is 0 Å². The van der Waals surface area contributed by atoms with E-state index < -0.39 is 0 Å². The van der Waals surface area contributed by atoms with Crippen LogP contribution in [0.25, 0.3) is 10.9 Å². The van der Waals surface area contributed by atoms with Crippen LogP contribution in [0.5, 0.6) is 5.75 Å². The molecule has 6 nitrogen and oxygen atoms in total. The number of aromatic nitrogens is 3. The smallest absolute Gasteiger partial charge is 0.275 e. The van der Waals surface area contributed by atoms with E-state index in [0.29, 0.717) is 24.8 Å². The summed E-state index contributed by atoms with van der Waals surface area (Å²) in [6.45, 7) is 3.26. The van der Waals surface area contributed by atoms with Gasteiger partial charge >= 0.3 is 0 Å².